The number of hydrogen-bond acceptors (Lipinski definition) is 4. The molecule has 2 aliphatic rings. The van der Waals surface area contributed by atoms with Crippen LogP contribution in [0.25, 0.3) is 0 Å². The summed E-state index contributed by atoms with van der Waals surface area (Å²) >= 11 is 0. The fourth-order valence-corrected chi connectivity index (χ4v) is 2.87. The summed E-state index contributed by atoms with van der Waals surface area (Å²) in [6, 6.07) is 6.40. The first-order chi connectivity index (χ1) is 11.0. The third kappa shape index (κ3) is 3.34. The van der Waals surface area contributed by atoms with Crippen molar-refractivity contribution in [3.63, 3.8) is 0 Å². The molecule has 1 N–H and O–H groups in total. The van der Waals surface area contributed by atoms with Gasteiger partial charge < -0.3 is 9.80 Å². The standard InChI is InChI=1S/C16H20N4O3/c1-18-7-2-8-19(10-9-18)15(22)12-3-5-13(6-4-12)20-11-14(21)17-16(20)23/h3-6H,2,7-11H2,1H3,(H,17,21,23). The lowest BCUT2D eigenvalue weighted by molar-refractivity contribution is -0.117. The molecule has 0 spiro atoms. The van der Waals surface area contributed by atoms with E-state index < -0.39 is 6.03 Å². The van der Waals surface area contributed by atoms with Gasteiger partial charge in [0.1, 0.15) is 6.54 Å². The number of nitrogens with one attached hydrogen (secondary N) is 1. The van der Waals surface area contributed by atoms with Crippen LogP contribution in [0, 0.1) is 0 Å². The zero-order chi connectivity index (χ0) is 16.4. The Morgan fingerprint density at radius 3 is 2.43 bits per heavy atom. The van der Waals surface area contributed by atoms with E-state index in [1.54, 1.807) is 24.3 Å². The zero-order valence-corrected chi connectivity index (χ0v) is 13.1. The van der Waals surface area contributed by atoms with Gasteiger partial charge in [-0.25, -0.2) is 4.79 Å². The molecule has 0 radical (unpaired) electrons. The molecule has 3 rings (SSSR count). The van der Waals surface area contributed by atoms with Crippen molar-refractivity contribution in [1.82, 2.24) is 15.1 Å². The summed E-state index contributed by atoms with van der Waals surface area (Å²) in [4.78, 5) is 40.9. The Morgan fingerprint density at radius 2 is 1.78 bits per heavy atom. The topological polar surface area (TPSA) is 73.0 Å². The van der Waals surface area contributed by atoms with Crippen molar-refractivity contribution >= 4 is 23.5 Å². The maximum Gasteiger partial charge on any atom is 0.329 e. The Kier molecular flexibility index (Phi) is 4.29. The van der Waals surface area contributed by atoms with E-state index in [1.807, 2.05) is 4.90 Å². The number of hydrogen-bond donors (Lipinski definition) is 1. The Balaban J connectivity index is 1.70. The molecule has 7 heteroatoms. The van der Waals surface area contributed by atoms with Crippen molar-refractivity contribution < 1.29 is 14.4 Å². The second-order valence-corrected chi connectivity index (χ2v) is 5.94. The molecule has 0 unspecified atom stereocenters. The van der Waals surface area contributed by atoms with Crippen LogP contribution in [0.3, 0.4) is 0 Å². The summed E-state index contributed by atoms with van der Waals surface area (Å²) in [5, 5.41) is 2.23. The van der Waals surface area contributed by atoms with E-state index >= 15 is 0 Å². The number of imide groups is 1. The molecule has 1 aromatic rings. The average Bonchev–Trinajstić information content (AvgIpc) is 2.74. The van der Waals surface area contributed by atoms with Crippen LogP contribution >= 0.6 is 0 Å². The summed E-state index contributed by atoms with van der Waals surface area (Å²) in [7, 11) is 2.06. The maximum atomic E-state index is 12.6. The lowest BCUT2D eigenvalue weighted by Gasteiger charge is -2.21. The minimum absolute atomic E-state index is 0.00815. The number of amides is 4. The van der Waals surface area contributed by atoms with Crippen LogP contribution in [-0.4, -0.2) is 67.4 Å². The second-order valence-electron chi connectivity index (χ2n) is 5.94. The van der Waals surface area contributed by atoms with Gasteiger partial charge in [-0.2, -0.15) is 0 Å². The molecular formula is C16H20N4O3. The van der Waals surface area contributed by atoms with E-state index in [1.165, 1.54) is 4.90 Å². The predicted molar refractivity (Wildman–Crippen MR) is 85.3 cm³/mol. The number of carbonyl (C=O) groups is 3. The number of benzene rings is 1. The van der Waals surface area contributed by atoms with Crippen molar-refractivity contribution in [2.24, 2.45) is 0 Å². The first kappa shape index (κ1) is 15.5. The van der Waals surface area contributed by atoms with Gasteiger partial charge in [0.25, 0.3) is 5.91 Å². The van der Waals surface area contributed by atoms with Gasteiger partial charge in [0.15, 0.2) is 0 Å². The highest BCUT2D eigenvalue weighted by molar-refractivity contribution is 6.12. The smallest absolute Gasteiger partial charge is 0.329 e. The number of nitrogens with zero attached hydrogens (tertiary/aromatic N) is 3. The summed E-state index contributed by atoms with van der Waals surface area (Å²) < 4.78 is 0. The zero-order valence-electron chi connectivity index (χ0n) is 13.1. The summed E-state index contributed by atoms with van der Waals surface area (Å²) in [5.74, 6) is -0.308. The largest absolute Gasteiger partial charge is 0.337 e. The van der Waals surface area contributed by atoms with E-state index in [0.29, 0.717) is 11.3 Å². The highest BCUT2D eigenvalue weighted by Gasteiger charge is 2.28. The monoisotopic (exact) mass is 316 g/mol. The Bertz CT molecular complexity index is 629. The first-order valence-electron chi connectivity index (χ1n) is 7.74. The molecule has 0 bridgehead atoms. The number of anilines is 1. The molecule has 122 valence electrons. The molecule has 2 heterocycles. The molecule has 2 aliphatic heterocycles. The quantitative estimate of drug-likeness (QED) is 0.808. The van der Waals surface area contributed by atoms with Gasteiger partial charge in [0.2, 0.25) is 5.91 Å². The van der Waals surface area contributed by atoms with Crippen LogP contribution < -0.4 is 10.2 Å². The maximum absolute atomic E-state index is 12.6. The van der Waals surface area contributed by atoms with E-state index in [4.69, 9.17) is 0 Å². The molecule has 0 atom stereocenters. The summed E-state index contributed by atoms with van der Waals surface area (Å²) in [6.07, 6.45) is 0.969. The van der Waals surface area contributed by atoms with Crippen molar-refractivity contribution in [3.05, 3.63) is 29.8 Å². The van der Waals surface area contributed by atoms with Gasteiger partial charge in [-0.15, -0.1) is 0 Å². The Morgan fingerprint density at radius 1 is 1.04 bits per heavy atom. The lowest BCUT2D eigenvalue weighted by atomic mass is 10.1. The van der Waals surface area contributed by atoms with Crippen molar-refractivity contribution in [1.29, 1.82) is 0 Å². The van der Waals surface area contributed by atoms with Crippen molar-refractivity contribution in [2.75, 3.05) is 44.7 Å². The molecule has 2 fully saturated rings. The number of likely N-dealkylation sites (N-methyl/N-ethyl adjacent to an activating group) is 1. The Hall–Kier alpha value is -2.41. The van der Waals surface area contributed by atoms with E-state index in [2.05, 4.69) is 17.3 Å². The van der Waals surface area contributed by atoms with Crippen LogP contribution in [0.2, 0.25) is 0 Å². The minimum Gasteiger partial charge on any atom is -0.337 e. The predicted octanol–water partition coefficient (Wildman–Crippen LogP) is 0.521. The molecule has 0 aromatic heterocycles. The molecule has 23 heavy (non-hydrogen) atoms. The fourth-order valence-electron chi connectivity index (χ4n) is 2.87. The molecule has 7 nitrogen and oxygen atoms in total. The third-order valence-corrected chi connectivity index (χ3v) is 4.23. The SMILES string of the molecule is CN1CCCN(C(=O)c2ccc(N3CC(=O)NC3=O)cc2)CC1. The van der Waals surface area contributed by atoms with Crippen LogP contribution in [0.15, 0.2) is 24.3 Å². The normalized spacial score (nSPS) is 19.7. The summed E-state index contributed by atoms with van der Waals surface area (Å²) in [5.41, 5.74) is 1.21. The van der Waals surface area contributed by atoms with Gasteiger partial charge in [-0.1, -0.05) is 0 Å². The summed E-state index contributed by atoms with van der Waals surface area (Å²) in [6.45, 7) is 3.37. The number of rotatable bonds is 2. The molecule has 0 saturated carbocycles. The second kappa shape index (κ2) is 6.37. The number of urea groups is 1. The van der Waals surface area contributed by atoms with E-state index in [9.17, 15) is 14.4 Å². The molecule has 0 aliphatic carbocycles. The average molecular weight is 316 g/mol. The van der Waals surface area contributed by atoms with Gasteiger partial charge in [-0.05, 0) is 44.3 Å². The molecule has 1 aromatic carbocycles. The highest BCUT2D eigenvalue weighted by atomic mass is 16.2. The molecule has 2 saturated heterocycles. The van der Waals surface area contributed by atoms with Crippen molar-refractivity contribution in [3.8, 4) is 0 Å². The van der Waals surface area contributed by atoms with Crippen LogP contribution in [0.4, 0.5) is 10.5 Å². The third-order valence-electron chi connectivity index (χ3n) is 4.23. The van der Waals surface area contributed by atoms with Crippen molar-refractivity contribution in [2.45, 2.75) is 6.42 Å². The fraction of sp³-hybridized carbons (Fsp3) is 0.438. The molecular weight excluding hydrogens is 296 g/mol. The van der Waals surface area contributed by atoms with E-state index in [0.717, 1.165) is 32.6 Å². The molecule has 4 amide bonds. The van der Waals surface area contributed by atoms with Gasteiger partial charge >= 0.3 is 6.03 Å². The highest BCUT2D eigenvalue weighted by Crippen LogP contribution is 2.18. The minimum atomic E-state index is -0.426. The first-order valence-corrected chi connectivity index (χ1v) is 7.74. The van der Waals surface area contributed by atoms with Crippen LogP contribution in [-0.2, 0) is 4.79 Å². The lowest BCUT2D eigenvalue weighted by Crippen LogP contribution is -2.34. The van der Waals surface area contributed by atoms with Crippen LogP contribution in [0.5, 0.6) is 0 Å². The van der Waals surface area contributed by atoms with Crippen LogP contribution in [0.1, 0.15) is 16.8 Å². The number of carbonyl (C=O) groups excluding carboxylic acids is 3. The Labute approximate surface area is 134 Å². The van der Waals surface area contributed by atoms with Gasteiger partial charge in [-0.3, -0.25) is 19.8 Å². The van der Waals surface area contributed by atoms with E-state index in [-0.39, 0.29) is 18.4 Å². The van der Waals surface area contributed by atoms with Gasteiger partial charge in [0, 0.05) is 30.9 Å². The van der Waals surface area contributed by atoms with Gasteiger partial charge in [0.05, 0.1) is 0 Å².